The highest BCUT2D eigenvalue weighted by atomic mass is 16.6. The predicted molar refractivity (Wildman–Crippen MR) is 70.2 cm³/mol. The first-order valence-electron chi connectivity index (χ1n) is 6.07. The topological polar surface area (TPSA) is 47.6 Å². The maximum atomic E-state index is 11.0. The maximum absolute atomic E-state index is 11.0. The molecule has 0 aromatic heterocycles. The Labute approximate surface area is 111 Å². The number of cyclic esters (lactones) is 1. The van der Waals surface area contributed by atoms with Gasteiger partial charge in [0.1, 0.15) is 18.1 Å². The van der Waals surface area contributed by atoms with Gasteiger partial charge in [0.05, 0.1) is 6.04 Å². The van der Waals surface area contributed by atoms with Crippen LogP contribution in [-0.2, 0) is 4.74 Å². The second-order valence-corrected chi connectivity index (χ2v) is 4.28. The van der Waals surface area contributed by atoms with E-state index in [4.69, 9.17) is 9.47 Å². The molecule has 3 rings (SSSR count). The third kappa shape index (κ3) is 2.68. The number of amides is 1. The Bertz CT molecular complexity index is 566. The Morgan fingerprint density at radius 2 is 1.68 bits per heavy atom. The number of benzene rings is 2. The van der Waals surface area contributed by atoms with E-state index < -0.39 is 0 Å². The summed E-state index contributed by atoms with van der Waals surface area (Å²) in [7, 11) is 0. The van der Waals surface area contributed by atoms with Crippen LogP contribution in [0.2, 0.25) is 0 Å². The van der Waals surface area contributed by atoms with Crippen LogP contribution in [0.3, 0.4) is 0 Å². The Morgan fingerprint density at radius 1 is 1.00 bits per heavy atom. The molecule has 1 aliphatic heterocycles. The molecule has 0 bridgehead atoms. The van der Waals surface area contributed by atoms with E-state index in [1.54, 1.807) is 0 Å². The Kier molecular flexibility index (Phi) is 3.06. The van der Waals surface area contributed by atoms with Crippen LogP contribution in [0.1, 0.15) is 11.6 Å². The highest BCUT2D eigenvalue weighted by Crippen LogP contribution is 2.24. The van der Waals surface area contributed by atoms with E-state index in [2.05, 4.69) is 5.32 Å². The highest BCUT2D eigenvalue weighted by molar-refractivity contribution is 5.70. The van der Waals surface area contributed by atoms with Crippen molar-refractivity contribution >= 4 is 6.09 Å². The molecule has 2 aromatic carbocycles. The average molecular weight is 255 g/mol. The van der Waals surface area contributed by atoms with Crippen molar-refractivity contribution in [2.75, 3.05) is 6.61 Å². The summed E-state index contributed by atoms with van der Waals surface area (Å²) in [6.07, 6.45) is -0.366. The van der Waals surface area contributed by atoms with Crippen molar-refractivity contribution in [1.82, 2.24) is 5.32 Å². The molecule has 2 aromatic rings. The van der Waals surface area contributed by atoms with Gasteiger partial charge in [-0.2, -0.15) is 0 Å². The fourth-order valence-electron chi connectivity index (χ4n) is 1.96. The molecular weight excluding hydrogens is 242 g/mol. The minimum atomic E-state index is -0.366. The minimum absolute atomic E-state index is 0.0710. The van der Waals surface area contributed by atoms with E-state index in [1.807, 2.05) is 54.6 Å². The Balaban J connectivity index is 1.71. The fourth-order valence-corrected chi connectivity index (χ4v) is 1.96. The summed E-state index contributed by atoms with van der Waals surface area (Å²) in [5.41, 5.74) is 1.01. The summed E-state index contributed by atoms with van der Waals surface area (Å²) in [5.74, 6) is 1.56. The molecule has 4 nitrogen and oxygen atoms in total. The standard InChI is InChI=1S/C15H13NO3/c17-15-16-14(10-18-15)11-6-8-13(9-7-11)19-12-4-2-1-3-5-12/h1-9,14H,10H2,(H,16,17)/t14-/m0/s1. The SMILES string of the molecule is O=C1N[C@H](c2ccc(Oc3ccccc3)cc2)CO1. The van der Waals surface area contributed by atoms with Crippen LogP contribution in [0.5, 0.6) is 11.5 Å². The van der Waals surface area contributed by atoms with Gasteiger partial charge in [0.25, 0.3) is 0 Å². The summed E-state index contributed by atoms with van der Waals surface area (Å²) in [5, 5.41) is 2.74. The van der Waals surface area contributed by atoms with Crippen molar-refractivity contribution in [2.24, 2.45) is 0 Å². The lowest BCUT2D eigenvalue weighted by molar-refractivity contribution is 0.177. The predicted octanol–water partition coefficient (Wildman–Crippen LogP) is 3.26. The molecule has 4 heteroatoms. The van der Waals surface area contributed by atoms with Gasteiger partial charge in [0, 0.05) is 0 Å². The molecule has 0 radical (unpaired) electrons. The van der Waals surface area contributed by atoms with Gasteiger partial charge in [0.15, 0.2) is 0 Å². The first kappa shape index (κ1) is 11.6. The first-order chi connectivity index (χ1) is 9.31. The summed E-state index contributed by atoms with van der Waals surface area (Å²) in [6.45, 7) is 0.373. The minimum Gasteiger partial charge on any atom is -0.457 e. The van der Waals surface area contributed by atoms with Gasteiger partial charge < -0.3 is 14.8 Å². The van der Waals surface area contributed by atoms with Crippen molar-refractivity contribution in [1.29, 1.82) is 0 Å². The zero-order valence-corrected chi connectivity index (χ0v) is 10.2. The Hall–Kier alpha value is -2.49. The number of ether oxygens (including phenoxy) is 2. The van der Waals surface area contributed by atoms with Crippen molar-refractivity contribution in [3.05, 3.63) is 60.2 Å². The molecule has 0 aliphatic carbocycles. The summed E-state index contributed by atoms with van der Waals surface area (Å²) < 4.78 is 10.6. The number of rotatable bonds is 3. The van der Waals surface area contributed by atoms with Crippen LogP contribution >= 0.6 is 0 Å². The highest BCUT2D eigenvalue weighted by Gasteiger charge is 2.23. The maximum Gasteiger partial charge on any atom is 0.407 e. The zero-order valence-electron chi connectivity index (χ0n) is 10.2. The molecule has 96 valence electrons. The van der Waals surface area contributed by atoms with E-state index in [9.17, 15) is 4.79 Å². The summed E-state index contributed by atoms with van der Waals surface area (Å²) in [4.78, 5) is 11.0. The number of carbonyl (C=O) groups is 1. The molecule has 1 N–H and O–H groups in total. The van der Waals surface area contributed by atoms with Crippen LogP contribution < -0.4 is 10.1 Å². The largest absolute Gasteiger partial charge is 0.457 e. The van der Waals surface area contributed by atoms with E-state index >= 15 is 0 Å². The molecule has 1 heterocycles. The van der Waals surface area contributed by atoms with E-state index in [1.165, 1.54) is 0 Å². The average Bonchev–Trinajstić information content (AvgIpc) is 2.87. The van der Waals surface area contributed by atoms with Gasteiger partial charge in [-0.3, -0.25) is 0 Å². The van der Waals surface area contributed by atoms with Gasteiger partial charge >= 0.3 is 6.09 Å². The van der Waals surface area contributed by atoms with Crippen molar-refractivity contribution in [3.63, 3.8) is 0 Å². The fraction of sp³-hybridized carbons (Fsp3) is 0.133. The smallest absolute Gasteiger partial charge is 0.407 e. The molecule has 0 spiro atoms. The van der Waals surface area contributed by atoms with E-state index in [0.717, 1.165) is 17.1 Å². The molecule has 0 unspecified atom stereocenters. The van der Waals surface area contributed by atoms with Gasteiger partial charge in [-0.05, 0) is 29.8 Å². The van der Waals surface area contributed by atoms with Gasteiger partial charge in [0.2, 0.25) is 0 Å². The van der Waals surface area contributed by atoms with Crippen molar-refractivity contribution in [2.45, 2.75) is 6.04 Å². The number of hydrogen-bond acceptors (Lipinski definition) is 3. The number of hydrogen-bond donors (Lipinski definition) is 1. The number of alkyl carbamates (subject to hydrolysis) is 1. The third-order valence-corrected chi connectivity index (χ3v) is 2.93. The molecule has 1 aliphatic rings. The van der Waals surface area contributed by atoms with E-state index in [-0.39, 0.29) is 12.1 Å². The van der Waals surface area contributed by atoms with Gasteiger partial charge in [-0.1, -0.05) is 30.3 Å². The van der Waals surface area contributed by atoms with Gasteiger partial charge in [-0.15, -0.1) is 0 Å². The normalized spacial score (nSPS) is 17.7. The van der Waals surface area contributed by atoms with Gasteiger partial charge in [-0.25, -0.2) is 4.79 Å². The van der Waals surface area contributed by atoms with Crippen LogP contribution in [0.4, 0.5) is 4.79 Å². The lowest BCUT2D eigenvalue weighted by Crippen LogP contribution is -2.18. The number of para-hydroxylation sites is 1. The monoisotopic (exact) mass is 255 g/mol. The lowest BCUT2D eigenvalue weighted by atomic mass is 10.1. The van der Waals surface area contributed by atoms with Crippen molar-refractivity contribution in [3.8, 4) is 11.5 Å². The van der Waals surface area contributed by atoms with Crippen LogP contribution in [-0.4, -0.2) is 12.7 Å². The molecule has 1 fully saturated rings. The number of nitrogens with one attached hydrogen (secondary N) is 1. The van der Waals surface area contributed by atoms with E-state index in [0.29, 0.717) is 6.61 Å². The molecule has 1 amide bonds. The van der Waals surface area contributed by atoms with Crippen molar-refractivity contribution < 1.29 is 14.3 Å². The first-order valence-corrected chi connectivity index (χ1v) is 6.07. The zero-order chi connectivity index (χ0) is 13.1. The molecule has 0 saturated carbocycles. The lowest BCUT2D eigenvalue weighted by Gasteiger charge is -2.09. The molecule has 19 heavy (non-hydrogen) atoms. The molecule has 1 saturated heterocycles. The summed E-state index contributed by atoms with van der Waals surface area (Å²) >= 11 is 0. The summed E-state index contributed by atoms with van der Waals surface area (Å²) in [6, 6.07) is 17.1. The Morgan fingerprint density at radius 3 is 2.32 bits per heavy atom. The molecule has 1 atom stereocenters. The van der Waals surface area contributed by atoms with Crippen LogP contribution in [0.25, 0.3) is 0 Å². The molecular formula is C15H13NO3. The third-order valence-electron chi connectivity index (χ3n) is 2.93. The number of carbonyl (C=O) groups excluding carboxylic acids is 1. The quantitative estimate of drug-likeness (QED) is 0.915. The second kappa shape index (κ2) is 5.02. The second-order valence-electron chi connectivity index (χ2n) is 4.28. The van der Waals surface area contributed by atoms with Crippen LogP contribution in [0, 0.1) is 0 Å². The van der Waals surface area contributed by atoms with Crippen LogP contribution in [0.15, 0.2) is 54.6 Å².